The molecule has 0 radical (unpaired) electrons. The molecule has 0 saturated heterocycles. The van der Waals surface area contributed by atoms with Crippen LogP contribution in [0.3, 0.4) is 0 Å². The van der Waals surface area contributed by atoms with E-state index in [1.807, 2.05) is 12.1 Å². The van der Waals surface area contributed by atoms with Crippen molar-refractivity contribution in [2.75, 3.05) is 0 Å². The van der Waals surface area contributed by atoms with Gasteiger partial charge in [-0.1, -0.05) is 84.9 Å². The Morgan fingerprint density at radius 3 is 2.16 bits per heavy atom. The minimum Gasteiger partial charge on any atom is -0.326 e. The number of rotatable bonds is 4. The quantitative estimate of drug-likeness (QED) is 0.577. The van der Waals surface area contributed by atoms with Gasteiger partial charge in [0.25, 0.3) is 0 Å². The van der Waals surface area contributed by atoms with Gasteiger partial charge in [-0.25, -0.2) is 0 Å². The zero-order valence-electron chi connectivity index (χ0n) is 14.1. The molecule has 0 heterocycles. The fraction of sp³-hybridized carbons (Fsp3) is 0.130. The predicted molar refractivity (Wildman–Crippen MR) is 107 cm³/mol. The molecule has 2 heteroatoms. The van der Waals surface area contributed by atoms with Gasteiger partial charge < -0.3 is 11.5 Å². The fourth-order valence-corrected chi connectivity index (χ4v) is 3.54. The standard InChI is InChI=1S/C23H22N2/c24-22(15-16-12-13-17-6-1-2-8-19(17)14-16)23(25)21-11-5-9-18-7-3-4-10-20(18)21/h1-14,22-23H,15,24-25H2/t22-,23-/m0/s1. The second-order valence-corrected chi connectivity index (χ2v) is 6.64. The van der Waals surface area contributed by atoms with Crippen molar-refractivity contribution in [2.24, 2.45) is 11.5 Å². The Bertz CT molecular complexity index is 1020. The maximum atomic E-state index is 6.54. The van der Waals surface area contributed by atoms with E-state index in [2.05, 4.69) is 72.8 Å². The first kappa shape index (κ1) is 15.8. The second-order valence-electron chi connectivity index (χ2n) is 6.64. The molecule has 0 aliphatic heterocycles. The van der Waals surface area contributed by atoms with Crippen LogP contribution in [0.4, 0.5) is 0 Å². The van der Waals surface area contributed by atoms with Crippen LogP contribution in [-0.4, -0.2) is 6.04 Å². The fourth-order valence-electron chi connectivity index (χ4n) is 3.54. The normalized spacial score (nSPS) is 13.8. The van der Waals surface area contributed by atoms with Gasteiger partial charge in [0.05, 0.1) is 0 Å². The van der Waals surface area contributed by atoms with E-state index in [1.165, 1.54) is 27.1 Å². The van der Waals surface area contributed by atoms with Gasteiger partial charge >= 0.3 is 0 Å². The number of benzene rings is 4. The van der Waals surface area contributed by atoms with Gasteiger partial charge in [-0.15, -0.1) is 0 Å². The van der Waals surface area contributed by atoms with Crippen molar-refractivity contribution in [3.05, 3.63) is 96.1 Å². The van der Waals surface area contributed by atoms with Crippen molar-refractivity contribution in [1.29, 1.82) is 0 Å². The Morgan fingerprint density at radius 2 is 1.32 bits per heavy atom. The molecular formula is C23H22N2. The molecule has 0 spiro atoms. The summed E-state index contributed by atoms with van der Waals surface area (Å²) >= 11 is 0. The molecule has 4 aromatic carbocycles. The van der Waals surface area contributed by atoms with Crippen molar-refractivity contribution in [3.63, 3.8) is 0 Å². The molecule has 2 atom stereocenters. The first-order valence-corrected chi connectivity index (χ1v) is 8.69. The third-order valence-electron chi connectivity index (χ3n) is 4.93. The maximum absolute atomic E-state index is 6.54. The van der Waals surface area contributed by atoms with Gasteiger partial charge in [0.15, 0.2) is 0 Å². The van der Waals surface area contributed by atoms with E-state index in [0.717, 1.165) is 12.0 Å². The lowest BCUT2D eigenvalue weighted by atomic mass is 9.91. The van der Waals surface area contributed by atoms with Crippen LogP contribution in [0, 0.1) is 0 Å². The summed E-state index contributed by atoms with van der Waals surface area (Å²) in [6.45, 7) is 0. The summed E-state index contributed by atoms with van der Waals surface area (Å²) in [5.41, 5.74) is 15.4. The summed E-state index contributed by atoms with van der Waals surface area (Å²) in [6, 6.07) is 29.2. The SMILES string of the molecule is N[C@@H](Cc1ccc2ccccc2c1)[C@@H](N)c1cccc2ccccc12. The minimum atomic E-state index is -0.197. The van der Waals surface area contributed by atoms with E-state index in [0.29, 0.717) is 0 Å². The lowest BCUT2D eigenvalue weighted by molar-refractivity contribution is 0.547. The van der Waals surface area contributed by atoms with Crippen LogP contribution in [0.1, 0.15) is 17.2 Å². The van der Waals surface area contributed by atoms with Gasteiger partial charge in [-0.3, -0.25) is 0 Å². The van der Waals surface area contributed by atoms with E-state index >= 15 is 0 Å². The van der Waals surface area contributed by atoms with Gasteiger partial charge in [-0.2, -0.15) is 0 Å². The van der Waals surface area contributed by atoms with Crippen LogP contribution in [-0.2, 0) is 6.42 Å². The molecule has 0 amide bonds. The molecule has 4 aromatic rings. The van der Waals surface area contributed by atoms with E-state index in [1.54, 1.807) is 0 Å². The van der Waals surface area contributed by atoms with Crippen LogP contribution in [0.15, 0.2) is 84.9 Å². The average Bonchev–Trinajstić information content (AvgIpc) is 2.67. The zero-order chi connectivity index (χ0) is 17.2. The number of fused-ring (bicyclic) bond motifs is 2. The Hall–Kier alpha value is -2.68. The van der Waals surface area contributed by atoms with Gasteiger partial charge in [-0.05, 0) is 39.1 Å². The molecule has 4 rings (SSSR count). The summed E-state index contributed by atoms with van der Waals surface area (Å²) in [5, 5.41) is 4.88. The highest BCUT2D eigenvalue weighted by molar-refractivity contribution is 5.86. The van der Waals surface area contributed by atoms with Crippen LogP contribution >= 0.6 is 0 Å². The molecule has 0 saturated carbocycles. The molecule has 0 aliphatic rings. The summed E-state index contributed by atoms with van der Waals surface area (Å²) in [5.74, 6) is 0. The van der Waals surface area contributed by atoms with Crippen molar-refractivity contribution < 1.29 is 0 Å². The Balaban J connectivity index is 1.61. The third kappa shape index (κ3) is 3.14. The van der Waals surface area contributed by atoms with Crippen LogP contribution in [0.25, 0.3) is 21.5 Å². The van der Waals surface area contributed by atoms with Gasteiger partial charge in [0.1, 0.15) is 0 Å². The Morgan fingerprint density at radius 1 is 0.640 bits per heavy atom. The maximum Gasteiger partial charge on any atom is 0.0458 e. The van der Waals surface area contributed by atoms with Crippen LogP contribution < -0.4 is 11.5 Å². The minimum absolute atomic E-state index is 0.132. The topological polar surface area (TPSA) is 52.0 Å². The van der Waals surface area contributed by atoms with Gasteiger partial charge in [0, 0.05) is 12.1 Å². The predicted octanol–water partition coefficient (Wildman–Crippen LogP) is 4.56. The van der Waals surface area contributed by atoms with Crippen LogP contribution in [0.2, 0.25) is 0 Å². The zero-order valence-corrected chi connectivity index (χ0v) is 14.1. The smallest absolute Gasteiger partial charge is 0.0458 e. The first-order chi connectivity index (χ1) is 12.2. The highest BCUT2D eigenvalue weighted by Crippen LogP contribution is 2.26. The van der Waals surface area contributed by atoms with Crippen LogP contribution in [0.5, 0.6) is 0 Å². The number of hydrogen-bond acceptors (Lipinski definition) is 2. The number of hydrogen-bond donors (Lipinski definition) is 2. The van der Waals surface area contributed by atoms with Crippen molar-refractivity contribution in [3.8, 4) is 0 Å². The van der Waals surface area contributed by atoms with E-state index < -0.39 is 0 Å². The van der Waals surface area contributed by atoms with E-state index in [4.69, 9.17) is 11.5 Å². The molecule has 0 bridgehead atoms. The second kappa shape index (κ2) is 6.67. The lowest BCUT2D eigenvalue weighted by Crippen LogP contribution is -2.36. The van der Waals surface area contributed by atoms with Crippen molar-refractivity contribution in [1.82, 2.24) is 0 Å². The average molecular weight is 326 g/mol. The summed E-state index contributed by atoms with van der Waals surface area (Å²) < 4.78 is 0. The summed E-state index contributed by atoms with van der Waals surface area (Å²) in [4.78, 5) is 0. The van der Waals surface area contributed by atoms with E-state index in [-0.39, 0.29) is 12.1 Å². The summed E-state index contributed by atoms with van der Waals surface area (Å²) in [6.07, 6.45) is 0.759. The lowest BCUT2D eigenvalue weighted by Gasteiger charge is -2.22. The molecular weight excluding hydrogens is 304 g/mol. The molecule has 0 aliphatic carbocycles. The third-order valence-corrected chi connectivity index (χ3v) is 4.93. The van der Waals surface area contributed by atoms with Crippen molar-refractivity contribution >= 4 is 21.5 Å². The van der Waals surface area contributed by atoms with Crippen molar-refractivity contribution in [2.45, 2.75) is 18.5 Å². The Kier molecular flexibility index (Phi) is 4.22. The largest absolute Gasteiger partial charge is 0.326 e. The molecule has 2 nitrogen and oxygen atoms in total. The molecule has 124 valence electrons. The highest BCUT2D eigenvalue weighted by atomic mass is 14.8. The van der Waals surface area contributed by atoms with Gasteiger partial charge in [0.2, 0.25) is 0 Å². The molecule has 0 unspecified atom stereocenters. The monoisotopic (exact) mass is 326 g/mol. The molecule has 0 aromatic heterocycles. The highest BCUT2D eigenvalue weighted by Gasteiger charge is 2.18. The molecule has 0 fully saturated rings. The first-order valence-electron chi connectivity index (χ1n) is 8.69. The summed E-state index contributed by atoms with van der Waals surface area (Å²) in [7, 11) is 0. The molecule has 25 heavy (non-hydrogen) atoms. The molecule has 4 N–H and O–H groups in total. The number of nitrogens with two attached hydrogens (primary N) is 2. The van der Waals surface area contributed by atoms with E-state index in [9.17, 15) is 0 Å². The Labute approximate surface area is 148 Å².